The summed E-state index contributed by atoms with van der Waals surface area (Å²) in [5.74, 6) is -1.32. The van der Waals surface area contributed by atoms with Crippen LogP contribution in [0.15, 0.2) is 46.9 Å². The van der Waals surface area contributed by atoms with Gasteiger partial charge in [-0.3, -0.25) is 19.3 Å². The molecule has 8 heteroatoms. The lowest BCUT2D eigenvalue weighted by molar-refractivity contribution is -0.123. The van der Waals surface area contributed by atoms with Gasteiger partial charge in [-0.05, 0) is 79.5 Å². The maximum Gasteiger partial charge on any atom is 0.338 e. The molecule has 2 aliphatic carbocycles. The van der Waals surface area contributed by atoms with Crippen LogP contribution in [0.1, 0.15) is 42.1 Å². The molecule has 4 atom stereocenters. The minimum absolute atomic E-state index is 0.159. The van der Waals surface area contributed by atoms with Crippen LogP contribution in [0.5, 0.6) is 0 Å². The van der Waals surface area contributed by atoms with Crippen molar-refractivity contribution in [3.8, 4) is 0 Å². The largest absolute Gasteiger partial charge is 0.452 e. The number of carbonyl (C=O) groups excluding carboxylic acids is 4. The number of amides is 3. The van der Waals surface area contributed by atoms with Crippen molar-refractivity contribution in [1.82, 2.24) is 0 Å². The zero-order valence-corrected chi connectivity index (χ0v) is 20.3. The molecule has 34 heavy (non-hydrogen) atoms. The number of rotatable bonds is 6. The summed E-state index contributed by atoms with van der Waals surface area (Å²) >= 11 is 3.41. The first-order chi connectivity index (χ1) is 16.4. The highest BCUT2D eigenvalue weighted by molar-refractivity contribution is 9.10. The summed E-state index contributed by atoms with van der Waals surface area (Å²) in [4.78, 5) is 52.3. The lowest BCUT2D eigenvalue weighted by Crippen LogP contribution is -2.32. The Labute approximate surface area is 206 Å². The van der Waals surface area contributed by atoms with Crippen molar-refractivity contribution in [2.75, 3.05) is 16.8 Å². The van der Waals surface area contributed by atoms with Crippen LogP contribution in [0.2, 0.25) is 0 Å². The Morgan fingerprint density at radius 3 is 2.44 bits per heavy atom. The molecule has 1 saturated heterocycles. The first-order valence-electron chi connectivity index (χ1n) is 11.6. The van der Waals surface area contributed by atoms with Gasteiger partial charge in [-0.1, -0.05) is 28.9 Å². The van der Waals surface area contributed by atoms with Gasteiger partial charge >= 0.3 is 5.97 Å². The quantitative estimate of drug-likeness (QED) is 0.448. The number of nitrogens with zero attached hydrogens (tertiary/aromatic N) is 1. The second-order valence-corrected chi connectivity index (χ2v) is 10.1. The molecular weight excluding hydrogens is 500 g/mol. The van der Waals surface area contributed by atoms with E-state index in [1.807, 2.05) is 19.1 Å². The van der Waals surface area contributed by atoms with E-state index in [-0.39, 0.29) is 29.2 Å². The van der Waals surface area contributed by atoms with E-state index in [0.29, 0.717) is 23.2 Å². The van der Waals surface area contributed by atoms with Gasteiger partial charge in [0.05, 0.1) is 23.1 Å². The Bertz CT molecular complexity index is 1170. The highest BCUT2D eigenvalue weighted by atomic mass is 79.9. The number of ether oxygens (including phenoxy) is 1. The highest BCUT2D eigenvalue weighted by Crippen LogP contribution is 2.56. The normalized spacial score (nSPS) is 24.9. The van der Waals surface area contributed by atoms with Gasteiger partial charge in [-0.15, -0.1) is 0 Å². The molecule has 2 bridgehead atoms. The Morgan fingerprint density at radius 1 is 1.06 bits per heavy atom. The number of esters is 1. The topological polar surface area (TPSA) is 92.8 Å². The van der Waals surface area contributed by atoms with Crippen LogP contribution in [0.25, 0.3) is 0 Å². The Morgan fingerprint density at radius 2 is 1.76 bits per heavy atom. The summed E-state index contributed by atoms with van der Waals surface area (Å²) in [6.45, 7) is 1.54. The third kappa shape index (κ3) is 3.94. The van der Waals surface area contributed by atoms with Crippen molar-refractivity contribution >= 4 is 51.0 Å². The van der Waals surface area contributed by atoms with E-state index in [2.05, 4.69) is 21.2 Å². The molecule has 1 aliphatic heterocycles. The Kier molecular flexibility index (Phi) is 6.02. The zero-order chi connectivity index (χ0) is 24.0. The van der Waals surface area contributed by atoms with Crippen LogP contribution in [0.3, 0.4) is 0 Å². The van der Waals surface area contributed by atoms with Gasteiger partial charge in [-0.25, -0.2) is 4.79 Å². The average molecular weight is 525 g/mol. The third-order valence-corrected chi connectivity index (χ3v) is 7.82. The molecule has 0 aromatic heterocycles. The first-order valence-corrected chi connectivity index (χ1v) is 12.4. The van der Waals surface area contributed by atoms with Crippen LogP contribution in [0, 0.1) is 23.7 Å². The molecule has 2 aromatic carbocycles. The predicted octanol–water partition coefficient (Wildman–Crippen LogP) is 4.34. The number of fused-ring (bicyclic) bond motifs is 5. The zero-order valence-electron chi connectivity index (χ0n) is 18.8. The van der Waals surface area contributed by atoms with E-state index < -0.39 is 18.5 Å². The predicted molar refractivity (Wildman–Crippen MR) is 129 cm³/mol. The molecule has 0 radical (unpaired) electrons. The first kappa shape index (κ1) is 22.8. The summed E-state index contributed by atoms with van der Waals surface area (Å²) in [7, 11) is 0. The van der Waals surface area contributed by atoms with E-state index in [9.17, 15) is 19.2 Å². The summed E-state index contributed by atoms with van der Waals surface area (Å²) in [6.07, 6.45) is 3.72. The summed E-state index contributed by atoms with van der Waals surface area (Å²) in [6, 6.07) is 11.8. The van der Waals surface area contributed by atoms with Crippen molar-refractivity contribution in [3.63, 3.8) is 0 Å². The van der Waals surface area contributed by atoms with Gasteiger partial charge in [0.2, 0.25) is 11.8 Å². The number of imide groups is 1. The lowest BCUT2D eigenvalue weighted by Gasteiger charge is -2.19. The fourth-order valence-corrected chi connectivity index (χ4v) is 6.22. The maximum atomic E-state index is 13.1. The molecule has 1 heterocycles. The van der Waals surface area contributed by atoms with E-state index >= 15 is 0 Å². The fraction of sp³-hybridized carbons (Fsp3) is 0.385. The van der Waals surface area contributed by atoms with Gasteiger partial charge in [0.15, 0.2) is 6.61 Å². The third-order valence-electron chi connectivity index (χ3n) is 7.32. The minimum atomic E-state index is -0.692. The van der Waals surface area contributed by atoms with Crippen LogP contribution in [-0.4, -0.2) is 30.3 Å². The van der Waals surface area contributed by atoms with Crippen LogP contribution >= 0.6 is 15.9 Å². The molecule has 2 saturated carbocycles. The SMILES string of the molecule is CCc1cc(Br)ccc1NC(=O)COC(=O)c1cccc(N2C(=O)[C@@H]3[C@H]4CC[C@@H](C4)[C@@H]3C2=O)c1. The maximum absolute atomic E-state index is 13.1. The number of nitrogens with one attached hydrogen (secondary N) is 1. The summed E-state index contributed by atoms with van der Waals surface area (Å²) in [5.41, 5.74) is 2.19. The van der Waals surface area contributed by atoms with Gasteiger partial charge in [-0.2, -0.15) is 0 Å². The van der Waals surface area contributed by atoms with Gasteiger partial charge in [0, 0.05) is 10.2 Å². The molecule has 3 aliphatic rings. The molecule has 0 unspecified atom stereocenters. The number of hydrogen-bond acceptors (Lipinski definition) is 5. The van der Waals surface area contributed by atoms with E-state index in [1.54, 1.807) is 24.3 Å². The molecule has 3 fully saturated rings. The van der Waals surface area contributed by atoms with Crippen molar-refractivity contribution in [2.24, 2.45) is 23.7 Å². The Balaban J connectivity index is 1.24. The molecule has 5 rings (SSSR count). The number of halogens is 1. The number of benzene rings is 2. The highest BCUT2D eigenvalue weighted by Gasteiger charge is 2.61. The minimum Gasteiger partial charge on any atom is -0.452 e. The summed E-state index contributed by atoms with van der Waals surface area (Å²) < 4.78 is 6.12. The molecule has 176 valence electrons. The second-order valence-electron chi connectivity index (χ2n) is 9.23. The molecule has 0 spiro atoms. The summed E-state index contributed by atoms with van der Waals surface area (Å²) in [5, 5.41) is 2.77. The van der Waals surface area contributed by atoms with Crippen LogP contribution in [-0.2, 0) is 25.5 Å². The van der Waals surface area contributed by atoms with E-state index in [1.165, 1.54) is 11.0 Å². The van der Waals surface area contributed by atoms with Crippen molar-refractivity contribution in [3.05, 3.63) is 58.1 Å². The van der Waals surface area contributed by atoms with Gasteiger partial charge in [0.1, 0.15) is 0 Å². The Hall–Kier alpha value is -3.00. The van der Waals surface area contributed by atoms with Gasteiger partial charge < -0.3 is 10.1 Å². The van der Waals surface area contributed by atoms with E-state index in [4.69, 9.17) is 4.74 Å². The van der Waals surface area contributed by atoms with Crippen LogP contribution in [0.4, 0.5) is 11.4 Å². The number of anilines is 2. The second kappa shape index (κ2) is 8.98. The van der Waals surface area contributed by atoms with Crippen molar-refractivity contribution in [1.29, 1.82) is 0 Å². The molecule has 3 amide bonds. The number of carbonyl (C=O) groups is 4. The van der Waals surface area contributed by atoms with Crippen LogP contribution < -0.4 is 10.2 Å². The van der Waals surface area contributed by atoms with Crippen molar-refractivity contribution in [2.45, 2.75) is 32.6 Å². The monoisotopic (exact) mass is 524 g/mol. The number of hydrogen-bond donors (Lipinski definition) is 1. The average Bonchev–Trinajstić information content (AvgIpc) is 3.52. The van der Waals surface area contributed by atoms with Crippen molar-refractivity contribution < 1.29 is 23.9 Å². The smallest absolute Gasteiger partial charge is 0.338 e. The fourth-order valence-electron chi connectivity index (χ4n) is 5.81. The number of aryl methyl sites for hydroxylation is 1. The molecule has 7 nitrogen and oxygen atoms in total. The molecular formula is C26H25BrN2O5. The van der Waals surface area contributed by atoms with E-state index in [0.717, 1.165) is 35.7 Å². The molecule has 1 N–H and O–H groups in total. The van der Waals surface area contributed by atoms with Gasteiger partial charge in [0.25, 0.3) is 5.91 Å². The lowest BCUT2D eigenvalue weighted by atomic mass is 9.81. The standard InChI is InChI=1S/C26H25BrN2O5/c1-2-14-11-18(27)8-9-20(14)28-21(30)13-34-26(33)17-4-3-5-19(12-17)29-24(31)22-15-6-7-16(10-15)23(22)25(29)32/h3-5,8-9,11-12,15-16,22-23H,2,6-7,10,13H2,1H3,(H,28,30)/t15-,16-,22-,23+/m0/s1. The molecule has 2 aromatic rings.